The Morgan fingerprint density at radius 3 is 2.63 bits per heavy atom. The SMILES string of the molecule is COc1ccc([C@H]2CCCN2CC(=O)Nc2ccc(-n3cnnn3)cc2)cc1OC. The summed E-state index contributed by atoms with van der Waals surface area (Å²) in [5.74, 6) is 1.36. The van der Waals surface area contributed by atoms with Gasteiger partial charge < -0.3 is 14.8 Å². The van der Waals surface area contributed by atoms with Gasteiger partial charge in [0, 0.05) is 11.7 Å². The van der Waals surface area contributed by atoms with Crippen molar-refractivity contribution < 1.29 is 14.3 Å². The number of amides is 1. The molecule has 1 fully saturated rings. The van der Waals surface area contributed by atoms with Gasteiger partial charge in [-0.1, -0.05) is 6.07 Å². The lowest BCUT2D eigenvalue weighted by Gasteiger charge is -2.25. The van der Waals surface area contributed by atoms with Gasteiger partial charge in [-0.25, -0.2) is 4.68 Å². The third-order valence-corrected chi connectivity index (χ3v) is 5.27. The van der Waals surface area contributed by atoms with Gasteiger partial charge in [-0.05, 0) is 71.8 Å². The van der Waals surface area contributed by atoms with Crippen molar-refractivity contribution in [2.24, 2.45) is 0 Å². The fourth-order valence-corrected chi connectivity index (χ4v) is 3.82. The second-order valence-electron chi connectivity index (χ2n) is 7.09. The lowest BCUT2D eigenvalue weighted by molar-refractivity contribution is -0.117. The van der Waals surface area contributed by atoms with E-state index in [0.717, 1.165) is 36.3 Å². The minimum Gasteiger partial charge on any atom is -0.493 e. The van der Waals surface area contributed by atoms with E-state index >= 15 is 0 Å². The smallest absolute Gasteiger partial charge is 0.238 e. The van der Waals surface area contributed by atoms with Crippen LogP contribution in [-0.2, 0) is 4.79 Å². The Morgan fingerprint density at radius 2 is 1.93 bits per heavy atom. The van der Waals surface area contributed by atoms with Crippen molar-refractivity contribution in [3.63, 3.8) is 0 Å². The van der Waals surface area contributed by atoms with Crippen molar-refractivity contribution >= 4 is 11.6 Å². The maximum absolute atomic E-state index is 12.6. The Morgan fingerprint density at radius 1 is 1.13 bits per heavy atom. The van der Waals surface area contributed by atoms with E-state index in [0.29, 0.717) is 18.0 Å². The zero-order chi connectivity index (χ0) is 20.9. The summed E-state index contributed by atoms with van der Waals surface area (Å²) in [6.07, 6.45) is 3.57. The maximum Gasteiger partial charge on any atom is 0.238 e. The number of tetrazole rings is 1. The first-order valence-corrected chi connectivity index (χ1v) is 9.77. The molecule has 1 aromatic heterocycles. The molecule has 2 aromatic carbocycles. The average molecular weight is 408 g/mol. The van der Waals surface area contributed by atoms with Crippen LogP contribution < -0.4 is 14.8 Å². The van der Waals surface area contributed by atoms with Crippen LogP contribution in [0, 0.1) is 0 Å². The zero-order valence-electron chi connectivity index (χ0n) is 17.0. The fourth-order valence-electron chi connectivity index (χ4n) is 3.82. The van der Waals surface area contributed by atoms with Crippen LogP contribution in [0.1, 0.15) is 24.4 Å². The fraction of sp³-hybridized carbons (Fsp3) is 0.333. The van der Waals surface area contributed by atoms with Gasteiger partial charge in [0.15, 0.2) is 11.5 Å². The van der Waals surface area contributed by atoms with E-state index in [4.69, 9.17) is 9.47 Å². The monoisotopic (exact) mass is 408 g/mol. The van der Waals surface area contributed by atoms with E-state index in [1.165, 1.54) is 6.33 Å². The largest absolute Gasteiger partial charge is 0.493 e. The molecule has 1 amide bonds. The van der Waals surface area contributed by atoms with E-state index in [-0.39, 0.29) is 11.9 Å². The van der Waals surface area contributed by atoms with E-state index in [1.54, 1.807) is 18.9 Å². The predicted octanol–water partition coefficient (Wildman–Crippen LogP) is 2.46. The summed E-state index contributed by atoms with van der Waals surface area (Å²) < 4.78 is 12.3. The van der Waals surface area contributed by atoms with Gasteiger partial charge in [-0.2, -0.15) is 0 Å². The highest BCUT2D eigenvalue weighted by Crippen LogP contribution is 2.36. The number of likely N-dealkylation sites (tertiary alicyclic amines) is 1. The summed E-state index contributed by atoms with van der Waals surface area (Å²) in [6, 6.07) is 13.5. The lowest BCUT2D eigenvalue weighted by Crippen LogP contribution is -2.32. The quantitative estimate of drug-likeness (QED) is 0.642. The molecule has 0 aliphatic carbocycles. The Labute approximate surface area is 174 Å². The molecule has 4 rings (SSSR count). The molecule has 0 bridgehead atoms. The van der Waals surface area contributed by atoms with Crippen LogP contribution in [0.15, 0.2) is 48.8 Å². The number of nitrogens with zero attached hydrogens (tertiary/aromatic N) is 5. The summed E-state index contributed by atoms with van der Waals surface area (Å²) in [6.45, 7) is 1.21. The molecule has 0 spiro atoms. The van der Waals surface area contributed by atoms with Gasteiger partial charge in [-0.3, -0.25) is 9.69 Å². The van der Waals surface area contributed by atoms with Crippen molar-refractivity contribution in [2.45, 2.75) is 18.9 Å². The number of hydrogen-bond donors (Lipinski definition) is 1. The van der Waals surface area contributed by atoms with Crippen LogP contribution in [0.4, 0.5) is 5.69 Å². The molecule has 2 heterocycles. The number of benzene rings is 2. The molecule has 0 saturated carbocycles. The van der Waals surface area contributed by atoms with Crippen molar-refractivity contribution in [3.8, 4) is 17.2 Å². The van der Waals surface area contributed by atoms with E-state index in [9.17, 15) is 4.79 Å². The molecule has 1 atom stereocenters. The summed E-state index contributed by atoms with van der Waals surface area (Å²) in [7, 11) is 3.26. The molecule has 3 aromatic rings. The first-order chi connectivity index (χ1) is 14.7. The number of nitrogens with one attached hydrogen (secondary N) is 1. The van der Waals surface area contributed by atoms with Crippen molar-refractivity contribution in [1.29, 1.82) is 0 Å². The molecule has 0 radical (unpaired) electrons. The number of aromatic nitrogens is 4. The Bertz CT molecular complexity index is 990. The molecule has 1 saturated heterocycles. The Balaban J connectivity index is 1.40. The van der Waals surface area contributed by atoms with Gasteiger partial charge in [0.25, 0.3) is 0 Å². The van der Waals surface area contributed by atoms with Crippen LogP contribution in [0.5, 0.6) is 11.5 Å². The van der Waals surface area contributed by atoms with Crippen LogP contribution in [-0.4, -0.2) is 58.3 Å². The normalized spacial score (nSPS) is 16.4. The second kappa shape index (κ2) is 8.91. The summed E-state index contributed by atoms with van der Waals surface area (Å²) in [5, 5.41) is 14.1. The first kappa shape index (κ1) is 19.8. The first-order valence-electron chi connectivity index (χ1n) is 9.77. The molecule has 9 heteroatoms. The van der Waals surface area contributed by atoms with Crippen LogP contribution >= 0.6 is 0 Å². The number of hydrogen-bond acceptors (Lipinski definition) is 7. The highest BCUT2D eigenvalue weighted by Gasteiger charge is 2.28. The molecule has 1 aliphatic rings. The lowest BCUT2D eigenvalue weighted by atomic mass is 10.0. The minimum atomic E-state index is -0.0439. The predicted molar refractivity (Wildman–Crippen MR) is 111 cm³/mol. The highest BCUT2D eigenvalue weighted by molar-refractivity contribution is 5.92. The van der Waals surface area contributed by atoms with Crippen molar-refractivity contribution in [2.75, 3.05) is 32.6 Å². The molecule has 1 N–H and O–H groups in total. The zero-order valence-corrected chi connectivity index (χ0v) is 17.0. The van der Waals surface area contributed by atoms with Gasteiger partial charge in [0.05, 0.1) is 26.5 Å². The molecular weight excluding hydrogens is 384 g/mol. The molecule has 9 nitrogen and oxygen atoms in total. The second-order valence-corrected chi connectivity index (χ2v) is 7.09. The van der Waals surface area contributed by atoms with Gasteiger partial charge >= 0.3 is 0 Å². The van der Waals surface area contributed by atoms with Crippen LogP contribution in [0.3, 0.4) is 0 Å². The average Bonchev–Trinajstić information content (AvgIpc) is 3.46. The van der Waals surface area contributed by atoms with E-state index < -0.39 is 0 Å². The van der Waals surface area contributed by atoms with Gasteiger partial charge in [0.1, 0.15) is 6.33 Å². The van der Waals surface area contributed by atoms with E-state index in [1.807, 2.05) is 42.5 Å². The summed E-state index contributed by atoms with van der Waals surface area (Å²) >= 11 is 0. The minimum absolute atomic E-state index is 0.0439. The third-order valence-electron chi connectivity index (χ3n) is 5.27. The topological polar surface area (TPSA) is 94.4 Å². The van der Waals surface area contributed by atoms with E-state index in [2.05, 4.69) is 25.7 Å². The summed E-state index contributed by atoms with van der Waals surface area (Å²) in [4.78, 5) is 14.8. The van der Waals surface area contributed by atoms with Crippen molar-refractivity contribution in [1.82, 2.24) is 25.1 Å². The Hall–Kier alpha value is -3.46. The number of carbonyl (C=O) groups is 1. The highest BCUT2D eigenvalue weighted by atomic mass is 16.5. The van der Waals surface area contributed by atoms with Gasteiger partial charge in [0.2, 0.25) is 5.91 Å². The number of methoxy groups -OCH3 is 2. The number of ether oxygens (including phenoxy) is 2. The van der Waals surface area contributed by atoms with Gasteiger partial charge in [-0.15, -0.1) is 5.10 Å². The third kappa shape index (κ3) is 4.25. The molecule has 0 unspecified atom stereocenters. The van der Waals surface area contributed by atoms with Crippen molar-refractivity contribution in [3.05, 3.63) is 54.4 Å². The molecular formula is C21H24N6O3. The van der Waals surface area contributed by atoms with Crippen LogP contribution in [0.25, 0.3) is 5.69 Å². The maximum atomic E-state index is 12.6. The molecule has 156 valence electrons. The molecule has 1 aliphatic heterocycles. The Kier molecular flexibility index (Phi) is 5.89. The standard InChI is InChI=1S/C21H24N6O3/c1-29-19-10-5-15(12-20(19)30-2)18-4-3-11-26(18)13-21(28)23-16-6-8-17(9-7-16)27-14-22-24-25-27/h5-10,12,14,18H,3-4,11,13H2,1-2H3,(H,23,28)/t18-/m1/s1. The molecule has 30 heavy (non-hydrogen) atoms. The van der Waals surface area contributed by atoms with Crippen LogP contribution in [0.2, 0.25) is 0 Å². The number of carbonyl (C=O) groups excluding carboxylic acids is 1. The number of anilines is 1. The summed E-state index contributed by atoms with van der Waals surface area (Å²) in [5.41, 5.74) is 2.69. The number of rotatable bonds is 7.